The van der Waals surface area contributed by atoms with Crippen LogP contribution in [0.4, 0.5) is 0 Å². The van der Waals surface area contributed by atoms with Crippen LogP contribution in [0.3, 0.4) is 0 Å². The maximum absolute atomic E-state index is 11.7. The molecule has 0 unspecified atom stereocenters. The van der Waals surface area contributed by atoms with Crippen LogP contribution < -0.4 is 11.0 Å². The molecule has 7 heteroatoms. The van der Waals surface area contributed by atoms with Crippen LogP contribution >= 0.6 is 0 Å². The largest absolute Gasteiger partial charge is 0.489 e. The van der Waals surface area contributed by atoms with Gasteiger partial charge in [-0.2, -0.15) is 0 Å². The van der Waals surface area contributed by atoms with Crippen LogP contribution in [0.2, 0.25) is 0 Å². The van der Waals surface area contributed by atoms with Gasteiger partial charge in [-0.25, -0.2) is 4.79 Å². The summed E-state index contributed by atoms with van der Waals surface area (Å²) in [5, 5.41) is 11.2. The van der Waals surface area contributed by atoms with Crippen molar-refractivity contribution in [3.05, 3.63) is 35.5 Å². The minimum Gasteiger partial charge on any atom is -0.489 e. The van der Waals surface area contributed by atoms with Crippen LogP contribution in [-0.2, 0) is 14.3 Å². The number of carbonyl (C=O) groups excluding carboxylic acids is 1. The molecular weight excluding hydrogens is 262 g/mol. The topological polar surface area (TPSA) is 83.1 Å². The number of allylic oxidation sites excluding steroid dienone is 2. The van der Waals surface area contributed by atoms with Crippen molar-refractivity contribution < 1.29 is 19.4 Å². The SMILES string of the molecule is CCOC(=O)C1=C2C=CC(OCC(C)(C)O)=CN2NN1. The standard InChI is InChI=1S/C13H19N3O4/c1-4-19-12(17)11-10-6-5-9(7-16(10)15-14-11)20-8-13(2,3)18/h5-7,14-15,18H,4,8H2,1-3H3. The average molecular weight is 281 g/mol. The number of fused-ring (bicyclic) bond motifs is 1. The molecule has 3 N–H and O–H groups in total. The summed E-state index contributed by atoms with van der Waals surface area (Å²) in [5.41, 5.74) is 5.66. The summed E-state index contributed by atoms with van der Waals surface area (Å²) < 4.78 is 10.4. The monoisotopic (exact) mass is 281 g/mol. The van der Waals surface area contributed by atoms with E-state index in [9.17, 15) is 9.90 Å². The highest BCUT2D eigenvalue weighted by molar-refractivity contribution is 5.89. The molecule has 0 atom stereocenters. The van der Waals surface area contributed by atoms with Gasteiger partial charge in [0.1, 0.15) is 12.4 Å². The van der Waals surface area contributed by atoms with Gasteiger partial charge < -0.3 is 14.6 Å². The van der Waals surface area contributed by atoms with Crippen LogP contribution in [-0.4, -0.2) is 34.9 Å². The number of rotatable bonds is 5. The minimum absolute atomic E-state index is 0.175. The molecule has 0 radical (unpaired) electrons. The van der Waals surface area contributed by atoms with Crippen molar-refractivity contribution in [3.8, 4) is 0 Å². The zero-order valence-corrected chi connectivity index (χ0v) is 11.8. The Morgan fingerprint density at radius 3 is 2.85 bits per heavy atom. The van der Waals surface area contributed by atoms with Gasteiger partial charge in [0.2, 0.25) is 0 Å². The van der Waals surface area contributed by atoms with Gasteiger partial charge in [0.25, 0.3) is 0 Å². The molecule has 0 saturated heterocycles. The van der Waals surface area contributed by atoms with Gasteiger partial charge in [0, 0.05) is 0 Å². The summed E-state index contributed by atoms with van der Waals surface area (Å²) in [7, 11) is 0. The second-order valence-corrected chi connectivity index (χ2v) is 5.05. The second kappa shape index (κ2) is 5.56. The molecule has 2 aliphatic heterocycles. The summed E-state index contributed by atoms with van der Waals surface area (Å²) in [6.45, 7) is 5.58. The van der Waals surface area contributed by atoms with Crippen molar-refractivity contribution in [3.63, 3.8) is 0 Å². The zero-order valence-electron chi connectivity index (χ0n) is 11.8. The molecule has 0 aromatic carbocycles. The van der Waals surface area contributed by atoms with Crippen molar-refractivity contribution in [2.24, 2.45) is 0 Å². The summed E-state index contributed by atoms with van der Waals surface area (Å²) in [4.78, 5) is 11.7. The third kappa shape index (κ3) is 3.31. The Morgan fingerprint density at radius 2 is 2.20 bits per heavy atom. The predicted octanol–water partition coefficient (Wildman–Crippen LogP) is 0.285. The van der Waals surface area contributed by atoms with Crippen LogP contribution in [0, 0.1) is 0 Å². The fraction of sp³-hybridized carbons (Fsp3) is 0.462. The number of hydrazine groups is 2. The Bertz CT molecular complexity index is 488. The first-order valence-corrected chi connectivity index (χ1v) is 6.38. The number of hydrogen-bond donors (Lipinski definition) is 3. The highest BCUT2D eigenvalue weighted by Gasteiger charge is 2.27. The van der Waals surface area contributed by atoms with Crippen LogP contribution in [0.5, 0.6) is 0 Å². The van der Waals surface area contributed by atoms with Crippen molar-refractivity contribution in [2.45, 2.75) is 26.4 Å². The Kier molecular flexibility index (Phi) is 4.01. The van der Waals surface area contributed by atoms with Crippen LogP contribution in [0.15, 0.2) is 35.5 Å². The van der Waals surface area contributed by atoms with Crippen molar-refractivity contribution >= 4 is 5.97 Å². The predicted molar refractivity (Wildman–Crippen MR) is 71.2 cm³/mol. The lowest BCUT2D eigenvalue weighted by Crippen LogP contribution is -2.36. The molecule has 0 fully saturated rings. The molecular formula is C13H19N3O4. The van der Waals surface area contributed by atoms with E-state index in [4.69, 9.17) is 9.47 Å². The molecule has 20 heavy (non-hydrogen) atoms. The molecule has 0 aromatic rings. The van der Waals surface area contributed by atoms with E-state index in [1.54, 1.807) is 44.1 Å². The van der Waals surface area contributed by atoms with E-state index in [0.717, 1.165) is 0 Å². The van der Waals surface area contributed by atoms with Gasteiger partial charge in [-0.05, 0) is 32.9 Å². The van der Waals surface area contributed by atoms with Gasteiger partial charge in [-0.15, -0.1) is 5.53 Å². The molecule has 2 rings (SSSR count). The average Bonchev–Trinajstić information content (AvgIpc) is 2.78. The second-order valence-electron chi connectivity index (χ2n) is 5.05. The highest BCUT2D eigenvalue weighted by atomic mass is 16.5. The van der Waals surface area contributed by atoms with Gasteiger partial charge in [0.15, 0.2) is 5.70 Å². The van der Waals surface area contributed by atoms with E-state index in [1.807, 2.05) is 0 Å². The normalized spacial score (nSPS) is 17.6. The van der Waals surface area contributed by atoms with Crippen molar-refractivity contribution in [1.29, 1.82) is 0 Å². The van der Waals surface area contributed by atoms with Crippen molar-refractivity contribution in [2.75, 3.05) is 13.2 Å². The summed E-state index contributed by atoms with van der Waals surface area (Å²) in [6, 6.07) is 0. The third-order valence-corrected chi connectivity index (χ3v) is 2.55. The lowest BCUT2D eigenvalue weighted by Gasteiger charge is -2.22. The molecule has 7 nitrogen and oxygen atoms in total. The molecule has 0 amide bonds. The molecule has 0 bridgehead atoms. The Labute approximate surface area is 117 Å². The molecule has 2 heterocycles. The number of nitrogens with zero attached hydrogens (tertiary/aromatic N) is 1. The third-order valence-electron chi connectivity index (χ3n) is 2.55. The molecule has 0 aliphatic carbocycles. The molecule has 110 valence electrons. The Hall–Kier alpha value is -1.99. The van der Waals surface area contributed by atoms with E-state index < -0.39 is 11.6 Å². The fourth-order valence-electron chi connectivity index (χ4n) is 1.66. The maximum atomic E-state index is 11.7. The Balaban J connectivity index is 2.05. The van der Waals surface area contributed by atoms with Crippen molar-refractivity contribution in [1.82, 2.24) is 16.0 Å². The maximum Gasteiger partial charge on any atom is 0.358 e. The Morgan fingerprint density at radius 1 is 1.45 bits per heavy atom. The lowest BCUT2D eigenvalue weighted by molar-refractivity contribution is -0.138. The number of hydrogen-bond acceptors (Lipinski definition) is 7. The first kappa shape index (κ1) is 14.4. The van der Waals surface area contributed by atoms with Crippen LogP contribution in [0.1, 0.15) is 20.8 Å². The number of ether oxygens (including phenoxy) is 2. The number of aliphatic hydroxyl groups is 1. The number of carbonyl (C=O) groups is 1. The summed E-state index contributed by atoms with van der Waals surface area (Å²) in [5.74, 6) is 0.159. The molecule has 0 spiro atoms. The van der Waals surface area contributed by atoms with E-state index >= 15 is 0 Å². The number of esters is 1. The zero-order chi connectivity index (χ0) is 14.8. The fourth-order valence-corrected chi connectivity index (χ4v) is 1.66. The lowest BCUT2D eigenvalue weighted by atomic mass is 10.2. The first-order valence-electron chi connectivity index (χ1n) is 6.38. The van der Waals surface area contributed by atoms with E-state index in [2.05, 4.69) is 11.0 Å². The van der Waals surface area contributed by atoms with Gasteiger partial charge in [-0.1, -0.05) is 0 Å². The minimum atomic E-state index is -0.905. The van der Waals surface area contributed by atoms with Crippen LogP contribution in [0.25, 0.3) is 0 Å². The van der Waals surface area contributed by atoms with E-state index in [-0.39, 0.29) is 6.61 Å². The van der Waals surface area contributed by atoms with E-state index in [0.29, 0.717) is 23.8 Å². The first-order chi connectivity index (χ1) is 9.40. The number of nitrogens with one attached hydrogen (secondary N) is 2. The van der Waals surface area contributed by atoms with Gasteiger partial charge in [-0.3, -0.25) is 10.4 Å². The molecule has 0 aromatic heterocycles. The quantitative estimate of drug-likeness (QED) is 0.624. The smallest absolute Gasteiger partial charge is 0.358 e. The molecule has 0 saturated carbocycles. The van der Waals surface area contributed by atoms with E-state index in [1.165, 1.54) is 0 Å². The highest BCUT2D eigenvalue weighted by Crippen LogP contribution is 2.22. The summed E-state index contributed by atoms with van der Waals surface area (Å²) >= 11 is 0. The summed E-state index contributed by atoms with van der Waals surface area (Å²) in [6.07, 6.45) is 5.14. The van der Waals surface area contributed by atoms with Gasteiger partial charge >= 0.3 is 5.97 Å². The molecule has 2 aliphatic rings. The van der Waals surface area contributed by atoms with Gasteiger partial charge in [0.05, 0.1) is 24.1 Å².